The molecule has 6 heteroatoms. The number of likely N-dealkylation sites (tertiary alicyclic amines) is 1. The zero-order chi connectivity index (χ0) is 16.8. The number of hydrogen-bond acceptors (Lipinski definition) is 4. The summed E-state index contributed by atoms with van der Waals surface area (Å²) in [6.45, 7) is 4.43. The van der Waals surface area contributed by atoms with Crippen LogP contribution in [0, 0.1) is 0 Å². The number of hydrogen-bond donors (Lipinski definition) is 0. The molecule has 3 rings (SSSR count). The summed E-state index contributed by atoms with van der Waals surface area (Å²) in [5.41, 5.74) is 1.14. The number of aromatic nitrogens is 2. The third kappa shape index (κ3) is 4.72. The highest BCUT2D eigenvalue weighted by Gasteiger charge is 2.22. The second kappa shape index (κ2) is 8.51. The van der Waals surface area contributed by atoms with Crippen LogP contribution in [-0.2, 0) is 17.8 Å². The minimum absolute atomic E-state index is 0.337. The molecule has 0 bridgehead atoms. The zero-order valence-electron chi connectivity index (χ0n) is 14.0. The molecule has 2 aromatic rings. The Kier molecular flexibility index (Phi) is 6.12. The lowest BCUT2D eigenvalue weighted by atomic mass is 10.2. The van der Waals surface area contributed by atoms with Crippen molar-refractivity contribution in [2.75, 3.05) is 26.8 Å². The van der Waals surface area contributed by atoms with Gasteiger partial charge in [0.05, 0.1) is 19.0 Å². The molecule has 5 nitrogen and oxygen atoms in total. The lowest BCUT2D eigenvalue weighted by molar-refractivity contribution is 0.107. The normalized spacial score (nSPS) is 18.2. The first-order valence-corrected chi connectivity index (χ1v) is 8.74. The lowest BCUT2D eigenvalue weighted by Crippen LogP contribution is -2.22. The molecular formula is C18H24ClN3O2. The summed E-state index contributed by atoms with van der Waals surface area (Å²) in [4.78, 5) is 6.43. The number of methoxy groups -OCH3 is 1. The van der Waals surface area contributed by atoms with Gasteiger partial charge in [-0.25, -0.2) is 4.98 Å². The SMILES string of the molecule is COC1CCN(Cc2cc(Cl)ccc2OCCCn2ccnc2)C1. The molecule has 130 valence electrons. The highest BCUT2D eigenvalue weighted by atomic mass is 35.5. The zero-order valence-corrected chi connectivity index (χ0v) is 14.8. The van der Waals surface area contributed by atoms with Crippen molar-refractivity contribution in [3.8, 4) is 5.75 Å². The first kappa shape index (κ1) is 17.3. The predicted octanol–water partition coefficient (Wildman–Crippen LogP) is 3.23. The van der Waals surface area contributed by atoms with Crippen molar-refractivity contribution in [1.29, 1.82) is 0 Å². The van der Waals surface area contributed by atoms with Crippen LogP contribution >= 0.6 is 11.6 Å². The van der Waals surface area contributed by atoms with E-state index in [0.29, 0.717) is 12.7 Å². The van der Waals surface area contributed by atoms with Gasteiger partial charge in [0.25, 0.3) is 0 Å². The fraction of sp³-hybridized carbons (Fsp3) is 0.500. The molecule has 1 aliphatic rings. The molecule has 0 spiro atoms. The Balaban J connectivity index is 1.54. The molecule has 1 aromatic carbocycles. The monoisotopic (exact) mass is 349 g/mol. The lowest BCUT2D eigenvalue weighted by Gasteiger charge is -2.19. The Hall–Kier alpha value is -1.56. The van der Waals surface area contributed by atoms with Gasteiger partial charge >= 0.3 is 0 Å². The molecule has 1 fully saturated rings. The van der Waals surface area contributed by atoms with E-state index in [1.807, 2.05) is 30.7 Å². The van der Waals surface area contributed by atoms with Crippen LogP contribution < -0.4 is 4.74 Å². The smallest absolute Gasteiger partial charge is 0.123 e. The van der Waals surface area contributed by atoms with Crippen LogP contribution in [0.3, 0.4) is 0 Å². The molecule has 1 unspecified atom stereocenters. The van der Waals surface area contributed by atoms with Gasteiger partial charge in [-0.1, -0.05) is 11.6 Å². The molecule has 1 atom stereocenters. The molecule has 2 heterocycles. The number of rotatable bonds is 8. The predicted molar refractivity (Wildman–Crippen MR) is 94.5 cm³/mol. The van der Waals surface area contributed by atoms with Crippen molar-refractivity contribution < 1.29 is 9.47 Å². The minimum Gasteiger partial charge on any atom is -0.493 e. The summed E-state index contributed by atoms with van der Waals surface area (Å²) in [5.74, 6) is 0.922. The molecule has 0 radical (unpaired) electrons. The van der Waals surface area contributed by atoms with Crippen LogP contribution in [0.25, 0.3) is 0 Å². The van der Waals surface area contributed by atoms with Crippen LogP contribution in [0.2, 0.25) is 5.02 Å². The van der Waals surface area contributed by atoms with E-state index >= 15 is 0 Å². The van der Waals surface area contributed by atoms with Crippen molar-refractivity contribution in [3.63, 3.8) is 0 Å². The molecule has 0 saturated carbocycles. The Bertz CT molecular complexity index is 633. The molecule has 1 aromatic heterocycles. The second-order valence-corrected chi connectivity index (χ2v) is 6.57. The van der Waals surface area contributed by atoms with Gasteiger partial charge in [-0.15, -0.1) is 0 Å². The molecule has 0 aliphatic carbocycles. The third-order valence-corrected chi connectivity index (χ3v) is 4.59. The van der Waals surface area contributed by atoms with E-state index < -0.39 is 0 Å². The summed E-state index contributed by atoms with van der Waals surface area (Å²) >= 11 is 6.18. The summed E-state index contributed by atoms with van der Waals surface area (Å²) in [6, 6.07) is 5.86. The number of aryl methyl sites for hydroxylation is 1. The Morgan fingerprint density at radius 2 is 2.29 bits per heavy atom. The first-order chi connectivity index (χ1) is 11.7. The summed E-state index contributed by atoms with van der Waals surface area (Å²) in [5, 5.41) is 0.748. The molecule has 0 N–H and O–H groups in total. The first-order valence-electron chi connectivity index (χ1n) is 8.36. The highest BCUT2D eigenvalue weighted by molar-refractivity contribution is 6.30. The van der Waals surface area contributed by atoms with Crippen molar-refractivity contribution in [2.24, 2.45) is 0 Å². The van der Waals surface area contributed by atoms with Gasteiger partial charge < -0.3 is 14.0 Å². The third-order valence-electron chi connectivity index (χ3n) is 4.36. The van der Waals surface area contributed by atoms with Gasteiger partial charge in [0.2, 0.25) is 0 Å². The molecule has 1 aliphatic heterocycles. The maximum Gasteiger partial charge on any atom is 0.123 e. The summed E-state index contributed by atoms with van der Waals surface area (Å²) in [6.07, 6.45) is 7.94. The van der Waals surface area contributed by atoms with Crippen molar-refractivity contribution in [3.05, 3.63) is 47.5 Å². The number of nitrogens with zero attached hydrogens (tertiary/aromatic N) is 3. The summed E-state index contributed by atoms with van der Waals surface area (Å²) in [7, 11) is 1.78. The van der Waals surface area contributed by atoms with Gasteiger partial charge in [-0.3, -0.25) is 4.90 Å². The maximum absolute atomic E-state index is 6.18. The van der Waals surface area contributed by atoms with Gasteiger partial charge in [0, 0.05) is 56.3 Å². The average Bonchev–Trinajstić information content (AvgIpc) is 3.25. The fourth-order valence-corrected chi connectivity index (χ4v) is 3.23. The highest BCUT2D eigenvalue weighted by Crippen LogP contribution is 2.26. The number of ether oxygens (including phenoxy) is 2. The van der Waals surface area contributed by atoms with Crippen LogP contribution in [0.15, 0.2) is 36.9 Å². The quantitative estimate of drug-likeness (QED) is 0.686. The van der Waals surface area contributed by atoms with E-state index in [-0.39, 0.29) is 0 Å². The van der Waals surface area contributed by atoms with Gasteiger partial charge in [0.15, 0.2) is 0 Å². The molecule has 1 saturated heterocycles. The Morgan fingerprint density at radius 1 is 1.38 bits per heavy atom. The molecular weight excluding hydrogens is 326 g/mol. The van der Waals surface area contributed by atoms with E-state index in [0.717, 1.165) is 55.4 Å². The van der Waals surface area contributed by atoms with Crippen molar-refractivity contribution >= 4 is 11.6 Å². The van der Waals surface area contributed by atoms with E-state index in [9.17, 15) is 0 Å². The minimum atomic E-state index is 0.337. The van der Waals surface area contributed by atoms with Gasteiger partial charge in [-0.05, 0) is 31.0 Å². The van der Waals surface area contributed by atoms with E-state index in [2.05, 4.69) is 14.5 Å². The molecule has 24 heavy (non-hydrogen) atoms. The number of benzene rings is 1. The van der Waals surface area contributed by atoms with Crippen LogP contribution in [-0.4, -0.2) is 47.4 Å². The van der Waals surface area contributed by atoms with Crippen LogP contribution in [0.5, 0.6) is 5.75 Å². The van der Waals surface area contributed by atoms with E-state index in [4.69, 9.17) is 21.1 Å². The molecule has 0 amide bonds. The maximum atomic E-state index is 6.18. The topological polar surface area (TPSA) is 39.5 Å². The van der Waals surface area contributed by atoms with Crippen LogP contribution in [0.1, 0.15) is 18.4 Å². The summed E-state index contributed by atoms with van der Waals surface area (Å²) < 4.78 is 13.5. The van der Waals surface area contributed by atoms with E-state index in [1.54, 1.807) is 13.3 Å². The van der Waals surface area contributed by atoms with Gasteiger partial charge in [-0.2, -0.15) is 0 Å². The Labute approximate surface area is 148 Å². The standard InChI is InChI=1S/C18H24ClN3O2/c1-23-17-5-8-22(13-17)12-15-11-16(19)3-4-18(15)24-10-2-7-21-9-6-20-14-21/h3-4,6,9,11,14,17H,2,5,7-8,10,12-13H2,1H3. The second-order valence-electron chi connectivity index (χ2n) is 6.14. The van der Waals surface area contributed by atoms with Crippen LogP contribution in [0.4, 0.5) is 0 Å². The largest absolute Gasteiger partial charge is 0.493 e. The van der Waals surface area contributed by atoms with E-state index in [1.165, 1.54) is 0 Å². The van der Waals surface area contributed by atoms with Crippen molar-refractivity contribution in [2.45, 2.75) is 32.0 Å². The van der Waals surface area contributed by atoms with Gasteiger partial charge in [0.1, 0.15) is 5.75 Å². The van der Waals surface area contributed by atoms with Crippen molar-refractivity contribution in [1.82, 2.24) is 14.5 Å². The number of imidazole rings is 1. The fourth-order valence-electron chi connectivity index (χ4n) is 3.03. The average molecular weight is 350 g/mol. The Morgan fingerprint density at radius 3 is 3.04 bits per heavy atom. The number of halogens is 1.